The summed E-state index contributed by atoms with van der Waals surface area (Å²) >= 11 is 0. The van der Waals surface area contributed by atoms with Crippen molar-refractivity contribution in [2.24, 2.45) is 0 Å². The van der Waals surface area contributed by atoms with Crippen molar-refractivity contribution >= 4 is 11.5 Å². The summed E-state index contributed by atoms with van der Waals surface area (Å²) in [4.78, 5) is 21.3. The van der Waals surface area contributed by atoms with Crippen molar-refractivity contribution in [1.29, 1.82) is 0 Å². The van der Waals surface area contributed by atoms with Crippen LogP contribution in [-0.4, -0.2) is 10.7 Å². The predicted molar refractivity (Wildman–Crippen MR) is 52.6 cm³/mol. The summed E-state index contributed by atoms with van der Waals surface area (Å²) in [6.07, 6.45) is 0. The van der Waals surface area contributed by atoms with E-state index in [1.54, 1.807) is 13.8 Å². The number of non-ortho nitro benzene ring substituents is 1. The number of Topliss-reactive ketones (excluding diaryl/α,β-unsaturated/α-hetero) is 1. The molecule has 0 amide bonds. The molecule has 0 N–H and O–H groups in total. The molecule has 14 heavy (non-hydrogen) atoms. The molecule has 0 heterocycles. The lowest BCUT2D eigenvalue weighted by atomic mass is 9.99. The van der Waals surface area contributed by atoms with Gasteiger partial charge in [0.15, 0.2) is 5.78 Å². The molecule has 4 heteroatoms. The summed E-state index contributed by atoms with van der Waals surface area (Å²) in [5.41, 5.74) is 1.93. The van der Waals surface area contributed by atoms with Crippen LogP contribution in [-0.2, 0) is 0 Å². The molecule has 1 rings (SSSR count). The van der Waals surface area contributed by atoms with Crippen molar-refractivity contribution in [3.63, 3.8) is 0 Å². The van der Waals surface area contributed by atoms with Gasteiger partial charge < -0.3 is 0 Å². The van der Waals surface area contributed by atoms with E-state index in [1.165, 1.54) is 19.1 Å². The van der Waals surface area contributed by atoms with Crippen LogP contribution in [0.1, 0.15) is 28.4 Å². The third-order valence-electron chi connectivity index (χ3n) is 2.08. The normalized spacial score (nSPS) is 9.93. The molecule has 0 radical (unpaired) electrons. The van der Waals surface area contributed by atoms with Crippen molar-refractivity contribution in [1.82, 2.24) is 0 Å². The molecular weight excluding hydrogens is 182 g/mol. The van der Waals surface area contributed by atoms with Crippen LogP contribution in [0.25, 0.3) is 0 Å². The van der Waals surface area contributed by atoms with Crippen molar-refractivity contribution in [3.05, 3.63) is 38.9 Å². The maximum Gasteiger partial charge on any atom is 0.270 e. The smallest absolute Gasteiger partial charge is 0.270 e. The van der Waals surface area contributed by atoms with Gasteiger partial charge in [0.05, 0.1) is 4.92 Å². The second-order valence-electron chi connectivity index (χ2n) is 3.27. The summed E-state index contributed by atoms with van der Waals surface area (Å²) in [6.45, 7) is 4.87. The van der Waals surface area contributed by atoms with Gasteiger partial charge in [-0.2, -0.15) is 0 Å². The van der Waals surface area contributed by atoms with Gasteiger partial charge in [-0.25, -0.2) is 0 Å². The average Bonchev–Trinajstić information content (AvgIpc) is 2.01. The molecule has 0 fully saturated rings. The summed E-state index contributed by atoms with van der Waals surface area (Å²) in [5.74, 6) is -0.0603. The SMILES string of the molecule is CC(=O)c1c(C)cc([N+](=O)[O-])cc1C. The van der Waals surface area contributed by atoms with Gasteiger partial charge in [-0.1, -0.05) is 0 Å². The maximum absolute atomic E-state index is 11.2. The van der Waals surface area contributed by atoms with Gasteiger partial charge in [0, 0.05) is 17.7 Å². The van der Waals surface area contributed by atoms with Gasteiger partial charge in [0.1, 0.15) is 0 Å². The Morgan fingerprint density at radius 3 is 2.00 bits per heavy atom. The third-order valence-corrected chi connectivity index (χ3v) is 2.08. The highest BCUT2D eigenvalue weighted by Gasteiger charge is 2.14. The molecule has 74 valence electrons. The summed E-state index contributed by atoms with van der Waals surface area (Å²) in [6, 6.07) is 2.84. The number of rotatable bonds is 2. The van der Waals surface area contributed by atoms with Crippen LogP contribution in [0.2, 0.25) is 0 Å². The van der Waals surface area contributed by atoms with Crippen LogP contribution >= 0.6 is 0 Å². The zero-order chi connectivity index (χ0) is 10.9. The molecule has 0 aliphatic heterocycles. The minimum atomic E-state index is -0.454. The van der Waals surface area contributed by atoms with Crippen LogP contribution < -0.4 is 0 Å². The molecule has 4 nitrogen and oxygen atoms in total. The van der Waals surface area contributed by atoms with E-state index >= 15 is 0 Å². The highest BCUT2D eigenvalue weighted by Crippen LogP contribution is 2.21. The van der Waals surface area contributed by atoms with E-state index < -0.39 is 4.92 Å². The molecule has 0 saturated carbocycles. The van der Waals surface area contributed by atoms with E-state index in [0.29, 0.717) is 16.7 Å². The molecule has 0 aliphatic carbocycles. The van der Waals surface area contributed by atoms with Gasteiger partial charge in [-0.05, 0) is 31.9 Å². The van der Waals surface area contributed by atoms with E-state index in [2.05, 4.69) is 0 Å². The van der Waals surface area contributed by atoms with Gasteiger partial charge in [0.2, 0.25) is 0 Å². The van der Waals surface area contributed by atoms with Crippen LogP contribution in [0, 0.1) is 24.0 Å². The molecule has 0 aromatic heterocycles. The fourth-order valence-electron chi connectivity index (χ4n) is 1.60. The number of hydrogen-bond donors (Lipinski definition) is 0. The molecular formula is C10H11NO3. The lowest BCUT2D eigenvalue weighted by Gasteiger charge is -2.05. The van der Waals surface area contributed by atoms with E-state index in [4.69, 9.17) is 0 Å². The Morgan fingerprint density at radius 1 is 1.29 bits per heavy atom. The molecule has 0 saturated heterocycles. The molecule has 1 aromatic rings. The molecule has 1 aromatic carbocycles. The number of benzene rings is 1. The average molecular weight is 193 g/mol. The summed E-state index contributed by atoms with van der Waals surface area (Å²) in [5, 5.41) is 10.5. The number of nitro benzene ring substituents is 1. The fourth-order valence-corrected chi connectivity index (χ4v) is 1.60. The minimum Gasteiger partial charge on any atom is -0.294 e. The Balaban J connectivity index is 3.39. The second-order valence-corrected chi connectivity index (χ2v) is 3.27. The quantitative estimate of drug-likeness (QED) is 0.411. The molecule has 0 spiro atoms. The lowest BCUT2D eigenvalue weighted by molar-refractivity contribution is -0.384. The number of ketones is 1. The Hall–Kier alpha value is -1.71. The van der Waals surface area contributed by atoms with Crippen LogP contribution in [0.5, 0.6) is 0 Å². The summed E-state index contributed by atoms with van der Waals surface area (Å²) < 4.78 is 0. The highest BCUT2D eigenvalue weighted by atomic mass is 16.6. The Kier molecular flexibility index (Phi) is 2.65. The van der Waals surface area contributed by atoms with Gasteiger partial charge in [0.25, 0.3) is 5.69 Å². The van der Waals surface area contributed by atoms with E-state index in [9.17, 15) is 14.9 Å². The van der Waals surface area contributed by atoms with E-state index in [1.807, 2.05) is 0 Å². The molecule has 0 atom stereocenters. The molecule has 0 bridgehead atoms. The number of carbonyl (C=O) groups is 1. The predicted octanol–water partition coefficient (Wildman–Crippen LogP) is 2.41. The number of carbonyl (C=O) groups excluding carboxylic acids is 1. The van der Waals surface area contributed by atoms with Crippen molar-refractivity contribution in [2.75, 3.05) is 0 Å². The van der Waals surface area contributed by atoms with Gasteiger partial charge >= 0.3 is 0 Å². The van der Waals surface area contributed by atoms with Crippen LogP contribution in [0.3, 0.4) is 0 Å². The molecule has 0 aliphatic rings. The standard InChI is InChI=1S/C10H11NO3/c1-6-4-9(11(13)14)5-7(2)10(6)8(3)12/h4-5H,1-3H3. The van der Waals surface area contributed by atoms with Crippen LogP contribution in [0.4, 0.5) is 5.69 Å². The van der Waals surface area contributed by atoms with Gasteiger partial charge in [-0.15, -0.1) is 0 Å². The van der Waals surface area contributed by atoms with E-state index in [0.717, 1.165) is 0 Å². The number of hydrogen-bond acceptors (Lipinski definition) is 3. The first-order chi connectivity index (χ1) is 6.43. The first-order valence-corrected chi connectivity index (χ1v) is 4.20. The molecule has 0 unspecified atom stereocenters. The highest BCUT2D eigenvalue weighted by molar-refractivity contribution is 5.97. The Labute approximate surface area is 81.7 Å². The van der Waals surface area contributed by atoms with Crippen LogP contribution in [0.15, 0.2) is 12.1 Å². The second kappa shape index (κ2) is 3.57. The lowest BCUT2D eigenvalue weighted by Crippen LogP contribution is -2.01. The van der Waals surface area contributed by atoms with E-state index in [-0.39, 0.29) is 11.5 Å². The monoisotopic (exact) mass is 193 g/mol. The third kappa shape index (κ3) is 1.79. The zero-order valence-corrected chi connectivity index (χ0v) is 8.33. The number of aryl methyl sites for hydroxylation is 2. The Bertz CT molecular complexity index is 387. The topological polar surface area (TPSA) is 60.2 Å². The summed E-state index contributed by atoms with van der Waals surface area (Å²) in [7, 11) is 0. The largest absolute Gasteiger partial charge is 0.294 e. The van der Waals surface area contributed by atoms with Crippen molar-refractivity contribution in [2.45, 2.75) is 20.8 Å². The first kappa shape index (κ1) is 10.4. The number of nitro groups is 1. The van der Waals surface area contributed by atoms with Gasteiger partial charge in [-0.3, -0.25) is 14.9 Å². The number of nitrogens with zero attached hydrogens (tertiary/aromatic N) is 1. The fraction of sp³-hybridized carbons (Fsp3) is 0.300. The maximum atomic E-state index is 11.2. The van der Waals surface area contributed by atoms with Crippen molar-refractivity contribution < 1.29 is 9.72 Å². The first-order valence-electron chi connectivity index (χ1n) is 4.20. The van der Waals surface area contributed by atoms with Crippen molar-refractivity contribution in [3.8, 4) is 0 Å². The minimum absolute atomic E-state index is 0.0324. The zero-order valence-electron chi connectivity index (χ0n) is 8.33. The Morgan fingerprint density at radius 2 is 1.71 bits per heavy atom.